The van der Waals surface area contributed by atoms with E-state index < -0.39 is 24.4 Å². The lowest BCUT2D eigenvalue weighted by molar-refractivity contribution is 0.356. The van der Waals surface area contributed by atoms with Crippen LogP contribution in [0.25, 0.3) is 0 Å². The fraction of sp³-hybridized carbons (Fsp3) is 0.333. The lowest BCUT2D eigenvalue weighted by Crippen LogP contribution is -2.18. The Morgan fingerprint density at radius 1 is 0.889 bits per heavy atom. The zero-order valence-electron chi connectivity index (χ0n) is 11.6. The van der Waals surface area contributed by atoms with Crippen molar-refractivity contribution in [3.05, 3.63) is 48.5 Å². The molecule has 3 nitrogen and oxygen atoms in total. The quantitative estimate of drug-likeness (QED) is 0.372. The first-order chi connectivity index (χ1) is 8.22. The smallest absolute Gasteiger partial charge is 0.231 e. The molecule has 0 aliphatic rings. The molecule has 0 heterocycles. The minimum Gasteiger partial charge on any atom is -0.231 e. The highest BCUT2D eigenvalue weighted by Crippen LogP contribution is 2.25. The first kappa shape index (κ1) is 17.1. The third-order valence-electron chi connectivity index (χ3n) is 2.34. The van der Waals surface area contributed by atoms with Crippen LogP contribution in [0.2, 0.25) is 26.2 Å². The summed E-state index contributed by atoms with van der Waals surface area (Å²) in [6.07, 6.45) is 2.88. The summed E-state index contributed by atoms with van der Waals surface area (Å²) in [6, 6.07) is 0. The largest absolute Gasteiger partial charge is 0.804 e. The minimum atomic E-state index is -2.14. The van der Waals surface area contributed by atoms with Crippen LogP contribution in [0.1, 0.15) is 0 Å². The van der Waals surface area contributed by atoms with Gasteiger partial charge in [-0.3, -0.25) is 0 Å². The summed E-state index contributed by atoms with van der Waals surface area (Å²) in [6.45, 7) is 15.9. The molecule has 100 valence electrons. The molecule has 0 radical (unpaired) electrons. The third-order valence-corrected chi connectivity index (χ3v) is 7.02. The first-order valence-corrected chi connectivity index (χ1v) is 13.1. The van der Waals surface area contributed by atoms with E-state index in [1.165, 1.54) is 12.5 Å². The SMILES string of the molecule is C=C[Si](C)(C)C=CO[P+](=O)OC=C[Si](C)(C)C=C. The van der Waals surface area contributed by atoms with Gasteiger partial charge in [0.25, 0.3) is 0 Å². The van der Waals surface area contributed by atoms with E-state index in [0.29, 0.717) is 0 Å². The number of rotatable bonds is 8. The number of hydrogen-bond acceptors (Lipinski definition) is 3. The van der Waals surface area contributed by atoms with E-state index in [1.807, 2.05) is 22.8 Å². The second-order valence-corrected chi connectivity index (χ2v) is 14.7. The van der Waals surface area contributed by atoms with Crippen molar-refractivity contribution in [2.24, 2.45) is 0 Å². The second-order valence-electron chi connectivity index (χ2n) is 5.09. The highest BCUT2D eigenvalue weighted by Gasteiger charge is 2.20. The Morgan fingerprint density at radius 3 is 1.50 bits per heavy atom. The van der Waals surface area contributed by atoms with E-state index in [2.05, 4.69) is 39.3 Å². The lowest BCUT2D eigenvalue weighted by Gasteiger charge is -2.08. The normalized spacial score (nSPS) is 13.7. The molecule has 0 aromatic rings. The van der Waals surface area contributed by atoms with Crippen LogP contribution in [0.4, 0.5) is 0 Å². The molecule has 0 bridgehead atoms. The van der Waals surface area contributed by atoms with Crippen LogP contribution in [0.5, 0.6) is 0 Å². The van der Waals surface area contributed by atoms with Crippen LogP contribution in [-0.4, -0.2) is 16.1 Å². The molecule has 0 aliphatic carbocycles. The summed E-state index contributed by atoms with van der Waals surface area (Å²) in [5.74, 6) is 0. The van der Waals surface area contributed by atoms with Crippen LogP contribution in [-0.2, 0) is 13.6 Å². The van der Waals surface area contributed by atoms with Crippen molar-refractivity contribution in [2.75, 3.05) is 0 Å². The average molecular weight is 301 g/mol. The zero-order chi connectivity index (χ0) is 14.2. The molecule has 0 saturated carbocycles. The predicted molar refractivity (Wildman–Crippen MR) is 83.4 cm³/mol. The summed E-state index contributed by atoms with van der Waals surface area (Å²) in [4.78, 5) is 0. The van der Waals surface area contributed by atoms with Crippen molar-refractivity contribution in [3.8, 4) is 0 Å². The Labute approximate surface area is 113 Å². The Bertz CT molecular complexity index is 340. The predicted octanol–water partition coefficient (Wildman–Crippen LogP) is 4.65. The summed E-state index contributed by atoms with van der Waals surface area (Å²) in [5, 5.41) is 0. The molecule has 0 fully saturated rings. The van der Waals surface area contributed by atoms with E-state index in [0.717, 1.165) is 0 Å². The van der Waals surface area contributed by atoms with Crippen molar-refractivity contribution >= 4 is 24.4 Å². The van der Waals surface area contributed by atoms with E-state index >= 15 is 0 Å². The maximum atomic E-state index is 11.4. The zero-order valence-corrected chi connectivity index (χ0v) is 14.4. The maximum Gasteiger partial charge on any atom is 0.804 e. The van der Waals surface area contributed by atoms with Gasteiger partial charge in [-0.1, -0.05) is 49.0 Å². The second kappa shape index (κ2) is 7.51. The monoisotopic (exact) mass is 301 g/mol. The molecule has 0 aromatic carbocycles. The molecule has 0 atom stereocenters. The molecule has 0 spiro atoms. The molecule has 0 aliphatic heterocycles. The van der Waals surface area contributed by atoms with Gasteiger partial charge >= 0.3 is 8.25 Å². The van der Waals surface area contributed by atoms with Crippen LogP contribution in [0.15, 0.2) is 48.5 Å². The fourth-order valence-electron chi connectivity index (χ4n) is 0.672. The molecule has 0 saturated heterocycles. The van der Waals surface area contributed by atoms with Crippen molar-refractivity contribution in [1.82, 2.24) is 0 Å². The fourth-order valence-corrected chi connectivity index (χ4v) is 2.38. The summed E-state index contributed by atoms with van der Waals surface area (Å²) < 4.78 is 21.3. The van der Waals surface area contributed by atoms with Gasteiger partial charge in [0.15, 0.2) is 0 Å². The summed E-state index contributed by atoms with van der Waals surface area (Å²) in [5.41, 5.74) is 7.64. The minimum absolute atomic E-state index is 1.44. The van der Waals surface area contributed by atoms with Gasteiger partial charge in [-0.25, -0.2) is 9.05 Å². The van der Waals surface area contributed by atoms with Crippen LogP contribution < -0.4 is 0 Å². The van der Waals surface area contributed by atoms with E-state index in [-0.39, 0.29) is 0 Å². The summed E-state index contributed by atoms with van der Waals surface area (Å²) in [7, 11) is -5.27. The molecule has 0 unspecified atom stereocenters. The van der Waals surface area contributed by atoms with Crippen molar-refractivity contribution in [2.45, 2.75) is 26.2 Å². The van der Waals surface area contributed by atoms with Gasteiger partial charge in [-0.15, -0.1) is 13.2 Å². The topological polar surface area (TPSA) is 35.5 Å². The first-order valence-electron chi connectivity index (χ1n) is 5.66. The molecule has 0 aromatic heterocycles. The molecule has 6 heteroatoms. The van der Waals surface area contributed by atoms with Gasteiger partial charge in [0.05, 0.1) is 16.1 Å². The highest BCUT2D eigenvalue weighted by molar-refractivity contribution is 7.33. The Balaban J connectivity index is 4.15. The summed E-state index contributed by atoms with van der Waals surface area (Å²) >= 11 is 0. The Hall–Kier alpha value is -0.906. The van der Waals surface area contributed by atoms with Gasteiger partial charge in [-0.2, -0.15) is 0 Å². The Morgan fingerprint density at radius 2 is 1.22 bits per heavy atom. The third kappa shape index (κ3) is 8.22. The molecular weight excluding hydrogens is 279 g/mol. The van der Waals surface area contributed by atoms with Gasteiger partial charge < -0.3 is 0 Å². The van der Waals surface area contributed by atoms with Crippen molar-refractivity contribution in [1.29, 1.82) is 0 Å². The number of hydrogen-bond donors (Lipinski definition) is 0. The molecule has 18 heavy (non-hydrogen) atoms. The van der Waals surface area contributed by atoms with Crippen LogP contribution in [0, 0.1) is 0 Å². The van der Waals surface area contributed by atoms with Crippen molar-refractivity contribution in [3.63, 3.8) is 0 Å². The molecule has 0 amide bonds. The Kier molecular flexibility index (Phi) is 7.13. The van der Waals surface area contributed by atoms with Gasteiger partial charge in [0, 0.05) is 4.57 Å². The molecule has 0 N–H and O–H groups in total. The highest BCUT2D eigenvalue weighted by atomic mass is 31.1. The van der Waals surface area contributed by atoms with Crippen LogP contribution in [0.3, 0.4) is 0 Å². The van der Waals surface area contributed by atoms with E-state index in [4.69, 9.17) is 9.05 Å². The molecular formula is C12H22O3PSi2+. The van der Waals surface area contributed by atoms with E-state index in [9.17, 15) is 4.57 Å². The van der Waals surface area contributed by atoms with Gasteiger partial charge in [0.1, 0.15) is 12.5 Å². The maximum absolute atomic E-state index is 11.4. The van der Waals surface area contributed by atoms with E-state index in [1.54, 1.807) is 0 Å². The average Bonchev–Trinajstić information content (AvgIpc) is 2.28. The molecule has 0 rings (SSSR count). The lowest BCUT2D eigenvalue weighted by atomic mass is 11.2. The van der Waals surface area contributed by atoms with Gasteiger partial charge in [0.2, 0.25) is 0 Å². The van der Waals surface area contributed by atoms with Gasteiger partial charge in [-0.05, 0) is 0 Å². The van der Waals surface area contributed by atoms with Crippen LogP contribution >= 0.6 is 8.25 Å². The van der Waals surface area contributed by atoms with Crippen molar-refractivity contribution < 1.29 is 13.6 Å². The standard InChI is InChI=1S/C12H22O3PSi2/c1-7-17(3,4)11-9-14-16(13)15-10-12-18(5,6)8-2/h7-12H,1-2H2,3-6H3/q+1.